The van der Waals surface area contributed by atoms with Gasteiger partial charge >= 0.3 is 6.18 Å². The smallest absolute Gasteiger partial charge is 0.166 e. The maximum atomic E-state index is 13.2. The minimum atomic E-state index is -4.48. The zero-order chi connectivity index (χ0) is 15.8. The highest BCUT2D eigenvalue weighted by atomic mass is 79.9. The molecule has 0 aliphatic rings. The Hall–Kier alpha value is -0.420. The summed E-state index contributed by atoms with van der Waals surface area (Å²) in [5.74, 6) is 0. The van der Waals surface area contributed by atoms with E-state index in [1.54, 1.807) is 6.07 Å². The van der Waals surface area contributed by atoms with E-state index in [0.717, 1.165) is 6.07 Å². The molecule has 0 N–H and O–H groups in total. The second-order valence-electron chi connectivity index (χ2n) is 4.22. The molecule has 0 aliphatic heterocycles. The van der Waals surface area contributed by atoms with Crippen LogP contribution in [0.3, 0.4) is 0 Å². The third-order valence-corrected chi connectivity index (χ3v) is 4.67. The summed E-state index contributed by atoms with van der Waals surface area (Å²) in [4.78, 5) is 0. The lowest BCUT2D eigenvalue weighted by Gasteiger charge is -2.17. The average Bonchev–Trinajstić information content (AvgIpc) is 2.42. The third kappa shape index (κ3) is 3.50. The average molecular weight is 418 g/mol. The molecule has 0 heterocycles. The molecule has 0 bridgehead atoms. The summed E-state index contributed by atoms with van der Waals surface area (Å²) in [7, 11) is 0. The van der Waals surface area contributed by atoms with Gasteiger partial charge in [0.05, 0.1) is 20.6 Å². The van der Waals surface area contributed by atoms with Gasteiger partial charge in [-0.1, -0.05) is 62.9 Å². The minimum Gasteiger partial charge on any atom is -0.166 e. The van der Waals surface area contributed by atoms with E-state index in [0.29, 0.717) is 5.56 Å². The van der Waals surface area contributed by atoms with E-state index in [4.69, 9.17) is 34.8 Å². The van der Waals surface area contributed by atoms with E-state index >= 15 is 0 Å². The maximum Gasteiger partial charge on any atom is 0.417 e. The number of hydrogen-bond acceptors (Lipinski definition) is 0. The fraction of sp³-hybridized carbons (Fsp3) is 0.143. The second-order valence-corrected chi connectivity index (χ2v) is 5.98. The van der Waals surface area contributed by atoms with Crippen molar-refractivity contribution in [2.75, 3.05) is 0 Å². The lowest BCUT2D eigenvalue weighted by Crippen LogP contribution is -2.08. The fourth-order valence-electron chi connectivity index (χ4n) is 1.99. The monoisotopic (exact) mass is 416 g/mol. The lowest BCUT2D eigenvalue weighted by atomic mass is 9.94. The Morgan fingerprint density at radius 3 is 2.05 bits per heavy atom. The van der Waals surface area contributed by atoms with E-state index in [1.165, 1.54) is 18.2 Å². The van der Waals surface area contributed by atoms with Crippen LogP contribution in [0.1, 0.15) is 11.1 Å². The van der Waals surface area contributed by atoms with E-state index in [1.807, 2.05) is 0 Å². The van der Waals surface area contributed by atoms with Gasteiger partial charge in [-0.3, -0.25) is 0 Å². The number of benzene rings is 2. The lowest BCUT2D eigenvalue weighted by molar-refractivity contribution is -0.137. The first-order chi connectivity index (χ1) is 9.75. The molecular formula is C14H7BrCl3F3. The molecule has 7 heteroatoms. The molecule has 2 aromatic carbocycles. The van der Waals surface area contributed by atoms with Crippen LogP contribution in [0.25, 0.3) is 11.1 Å². The molecular weight excluding hydrogens is 411 g/mol. The summed E-state index contributed by atoms with van der Waals surface area (Å²) in [6.45, 7) is 0. The first kappa shape index (κ1) is 16.9. The molecule has 0 saturated carbocycles. The van der Waals surface area contributed by atoms with Crippen molar-refractivity contribution in [3.63, 3.8) is 0 Å². The van der Waals surface area contributed by atoms with Crippen molar-refractivity contribution in [3.8, 4) is 11.1 Å². The Labute approximate surface area is 142 Å². The van der Waals surface area contributed by atoms with E-state index in [9.17, 15) is 13.2 Å². The molecule has 0 atom stereocenters. The van der Waals surface area contributed by atoms with Crippen molar-refractivity contribution in [1.29, 1.82) is 0 Å². The van der Waals surface area contributed by atoms with Gasteiger partial charge in [0.15, 0.2) is 0 Å². The fourth-order valence-corrected chi connectivity index (χ4v) is 3.05. The zero-order valence-electron chi connectivity index (χ0n) is 10.2. The van der Waals surface area contributed by atoms with Crippen LogP contribution in [-0.2, 0) is 11.5 Å². The van der Waals surface area contributed by atoms with Gasteiger partial charge in [-0.05, 0) is 34.9 Å². The van der Waals surface area contributed by atoms with Crippen molar-refractivity contribution in [2.24, 2.45) is 0 Å². The molecule has 0 radical (unpaired) electrons. The largest absolute Gasteiger partial charge is 0.417 e. The molecule has 0 unspecified atom stereocenters. The summed E-state index contributed by atoms with van der Waals surface area (Å²) in [6.07, 6.45) is -4.48. The van der Waals surface area contributed by atoms with Crippen LogP contribution in [0, 0.1) is 0 Å². The Morgan fingerprint density at radius 1 is 1.00 bits per heavy atom. The summed E-state index contributed by atoms with van der Waals surface area (Å²) in [6, 6.07) is 6.76. The van der Waals surface area contributed by atoms with Gasteiger partial charge in [0.2, 0.25) is 0 Å². The van der Waals surface area contributed by atoms with Gasteiger partial charge in [0, 0.05) is 5.33 Å². The van der Waals surface area contributed by atoms with Gasteiger partial charge in [-0.15, -0.1) is 0 Å². The van der Waals surface area contributed by atoms with E-state index in [-0.39, 0.29) is 31.5 Å². The van der Waals surface area contributed by atoms with E-state index < -0.39 is 11.7 Å². The van der Waals surface area contributed by atoms with Crippen LogP contribution in [0.15, 0.2) is 30.3 Å². The summed E-state index contributed by atoms with van der Waals surface area (Å²) < 4.78 is 39.7. The van der Waals surface area contributed by atoms with Gasteiger partial charge in [0.25, 0.3) is 0 Å². The summed E-state index contributed by atoms with van der Waals surface area (Å²) in [5, 5.41) is 0.602. The molecule has 21 heavy (non-hydrogen) atoms. The second kappa shape index (κ2) is 6.37. The van der Waals surface area contributed by atoms with Crippen LogP contribution in [0.5, 0.6) is 0 Å². The van der Waals surface area contributed by atoms with Crippen LogP contribution in [0.4, 0.5) is 13.2 Å². The van der Waals surface area contributed by atoms with Gasteiger partial charge in [-0.2, -0.15) is 13.2 Å². The molecule has 0 nitrogen and oxygen atoms in total. The topological polar surface area (TPSA) is 0 Å². The summed E-state index contributed by atoms with van der Waals surface area (Å²) in [5.41, 5.74) is 0.0623. The third-order valence-electron chi connectivity index (χ3n) is 2.87. The number of rotatable bonds is 2. The first-order valence-corrected chi connectivity index (χ1v) is 7.91. The Balaban J connectivity index is 2.79. The predicted octanol–water partition coefficient (Wildman–Crippen LogP) is 7.23. The Kier molecular flexibility index (Phi) is 5.14. The zero-order valence-corrected chi connectivity index (χ0v) is 14.1. The summed E-state index contributed by atoms with van der Waals surface area (Å²) >= 11 is 20.9. The van der Waals surface area contributed by atoms with Crippen molar-refractivity contribution in [3.05, 3.63) is 56.5 Å². The molecule has 0 aromatic heterocycles. The highest BCUT2D eigenvalue weighted by molar-refractivity contribution is 9.08. The molecule has 0 fully saturated rings. The van der Waals surface area contributed by atoms with Gasteiger partial charge < -0.3 is 0 Å². The number of hydrogen-bond donors (Lipinski definition) is 0. The molecule has 112 valence electrons. The molecule has 0 spiro atoms. The van der Waals surface area contributed by atoms with Crippen molar-refractivity contribution < 1.29 is 13.2 Å². The quantitative estimate of drug-likeness (QED) is 0.357. The Bertz CT molecular complexity index is 661. The molecule has 0 saturated heterocycles. The standard InChI is InChI=1S/C14H7BrCl3F3/c15-6-7-2-1-3-9(14(19,20)21)12(7)8-4-10(16)13(18)11(17)5-8/h1-5H,6H2. The minimum absolute atomic E-state index is 0.0438. The first-order valence-electron chi connectivity index (χ1n) is 5.65. The molecule has 2 aromatic rings. The highest BCUT2D eigenvalue weighted by Gasteiger charge is 2.34. The number of alkyl halides is 4. The van der Waals surface area contributed by atoms with Crippen LogP contribution in [0.2, 0.25) is 15.1 Å². The molecule has 2 rings (SSSR count). The van der Waals surface area contributed by atoms with Crippen LogP contribution >= 0.6 is 50.7 Å². The van der Waals surface area contributed by atoms with Crippen molar-refractivity contribution in [2.45, 2.75) is 11.5 Å². The predicted molar refractivity (Wildman–Crippen MR) is 84.5 cm³/mol. The highest BCUT2D eigenvalue weighted by Crippen LogP contribution is 2.42. The maximum absolute atomic E-state index is 13.2. The SMILES string of the molecule is FC(F)(F)c1cccc(CBr)c1-c1cc(Cl)c(Cl)c(Cl)c1. The molecule has 0 amide bonds. The van der Waals surface area contributed by atoms with Gasteiger partial charge in [0.1, 0.15) is 0 Å². The van der Waals surface area contributed by atoms with Gasteiger partial charge in [-0.25, -0.2) is 0 Å². The normalized spacial score (nSPS) is 11.8. The van der Waals surface area contributed by atoms with Crippen LogP contribution in [-0.4, -0.2) is 0 Å². The van der Waals surface area contributed by atoms with Crippen molar-refractivity contribution >= 4 is 50.7 Å². The number of halogens is 7. The van der Waals surface area contributed by atoms with E-state index in [2.05, 4.69) is 15.9 Å². The Morgan fingerprint density at radius 2 is 1.57 bits per heavy atom. The molecule has 0 aliphatic carbocycles. The van der Waals surface area contributed by atoms with Crippen molar-refractivity contribution in [1.82, 2.24) is 0 Å². The van der Waals surface area contributed by atoms with Crippen LogP contribution < -0.4 is 0 Å².